The standard InChI is InChI=1S/C12H7Cl3O2.2Na.2H/c13-7-1-3-11(9(15)5-7)17-12-4-2-8(14)6-10(12)16;;;;/h1-6,16H;;;;/q;2*+1;2*-1. The van der Waals surface area contributed by atoms with Gasteiger partial charge in [-0.3, -0.25) is 0 Å². The fraction of sp³-hybridized carbons (Fsp3) is 0. The molecule has 0 aliphatic heterocycles. The van der Waals surface area contributed by atoms with Crippen molar-refractivity contribution in [2.24, 2.45) is 0 Å². The summed E-state index contributed by atoms with van der Waals surface area (Å²) in [6.07, 6.45) is 0. The minimum absolute atomic E-state index is 0. The number of aromatic hydroxyl groups is 1. The average Bonchev–Trinajstić information content (AvgIpc) is 2.25. The van der Waals surface area contributed by atoms with E-state index in [9.17, 15) is 5.11 Å². The summed E-state index contributed by atoms with van der Waals surface area (Å²) in [5, 5.41) is 10.9. The number of hydrogen-bond donors (Lipinski definition) is 1. The molecule has 0 heterocycles. The van der Waals surface area contributed by atoms with Gasteiger partial charge >= 0.3 is 59.1 Å². The number of phenolic OH excluding ortho intramolecular Hbond substituents is 1. The maximum absolute atomic E-state index is 9.62. The predicted octanol–water partition coefficient (Wildman–Crippen LogP) is -0.622. The first kappa shape index (κ1) is 19.9. The van der Waals surface area contributed by atoms with Gasteiger partial charge in [-0.2, -0.15) is 0 Å². The molecule has 0 saturated heterocycles. The quantitative estimate of drug-likeness (QED) is 0.740. The van der Waals surface area contributed by atoms with Crippen molar-refractivity contribution >= 4 is 34.8 Å². The normalized spacial score (nSPS) is 9.21. The van der Waals surface area contributed by atoms with Crippen LogP contribution in [0.5, 0.6) is 17.2 Å². The maximum Gasteiger partial charge on any atom is 1.00 e. The molecule has 19 heavy (non-hydrogen) atoms. The molecule has 2 nitrogen and oxygen atoms in total. The van der Waals surface area contributed by atoms with Crippen molar-refractivity contribution in [1.82, 2.24) is 0 Å². The topological polar surface area (TPSA) is 29.5 Å². The third-order valence-electron chi connectivity index (χ3n) is 2.03. The minimum atomic E-state index is -0.0523. The summed E-state index contributed by atoms with van der Waals surface area (Å²) in [5.41, 5.74) is 0. The van der Waals surface area contributed by atoms with E-state index in [1.807, 2.05) is 0 Å². The SMILES string of the molecule is Oc1cc(Cl)ccc1Oc1ccc(Cl)cc1Cl.[H-].[H-].[Na+].[Na+]. The van der Waals surface area contributed by atoms with E-state index < -0.39 is 0 Å². The van der Waals surface area contributed by atoms with Crippen LogP contribution in [0, 0.1) is 0 Å². The average molecular weight is 338 g/mol. The van der Waals surface area contributed by atoms with Gasteiger partial charge in [0.1, 0.15) is 5.75 Å². The van der Waals surface area contributed by atoms with E-state index >= 15 is 0 Å². The van der Waals surface area contributed by atoms with Gasteiger partial charge in [-0.1, -0.05) is 34.8 Å². The van der Waals surface area contributed by atoms with Crippen LogP contribution in [-0.2, 0) is 0 Å². The van der Waals surface area contributed by atoms with E-state index in [1.54, 1.807) is 30.3 Å². The first-order valence-electron chi connectivity index (χ1n) is 4.67. The summed E-state index contributed by atoms with van der Waals surface area (Å²) < 4.78 is 5.45. The Morgan fingerprint density at radius 1 is 0.842 bits per heavy atom. The summed E-state index contributed by atoms with van der Waals surface area (Å²) in [6, 6.07) is 9.39. The molecule has 2 aromatic rings. The molecule has 0 aliphatic carbocycles. The molecule has 0 unspecified atom stereocenters. The number of hydrogen-bond acceptors (Lipinski definition) is 2. The summed E-state index contributed by atoms with van der Waals surface area (Å²) in [6.45, 7) is 0. The Balaban J connectivity index is -0.000000810. The van der Waals surface area contributed by atoms with Gasteiger partial charge in [0.15, 0.2) is 11.5 Å². The summed E-state index contributed by atoms with van der Waals surface area (Å²) in [4.78, 5) is 0. The van der Waals surface area contributed by atoms with Crippen molar-refractivity contribution in [1.29, 1.82) is 0 Å². The fourth-order valence-corrected chi connectivity index (χ4v) is 1.87. The monoisotopic (exact) mass is 336 g/mol. The Kier molecular flexibility index (Phi) is 9.47. The molecule has 0 aliphatic rings. The first-order valence-corrected chi connectivity index (χ1v) is 5.81. The Bertz CT molecular complexity index is 525. The van der Waals surface area contributed by atoms with E-state index in [0.717, 1.165) is 0 Å². The zero-order valence-electron chi connectivity index (χ0n) is 12.5. The Morgan fingerprint density at radius 3 is 1.89 bits per heavy atom. The second-order valence-electron chi connectivity index (χ2n) is 3.29. The van der Waals surface area contributed by atoms with E-state index in [4.69, 9.17) is 39.5 Å². The number of rotatable bonds is 2. The van der Waals surface area contributed by atoms with Gasteiger partial charge in [0.2, 0.25) is 0 Å². The van der Waals surface area contributed by atoms with Crippen LogP contribution in [0.2, 0.25) is 15.1 Å². The first-order chi connectivity index (χ1) is 8.06. The largest absolute Gasteiger partial charge is 1.00 e. The summed E-state index contributed by atoms with van der Waals surface area (Å²) in [7, 11) is 0. The van der Waals surface area contributed by atoms with Crippen molar-refractivity contribution in [3.05, 3.63) is 51.5 Å². The van der Waals surface area contributed by atoms with Gasteiger partial charge < -0.3 is 12.7 Å². The molecule has 0 saturated carbocycles. The zero-order valence-corrected chi connectivity index (χ0v) is 16.7. The molecular weight excluding hydrogens is 328 g/mol. The van der Waals surface area contributed by atoms with Crippen LogP contribution in [0.3, 0.4) is 0 Å². The van der Waals surface area contributed by atoms with Crippen molar-refractivity contribution in [2.45, 2.75) is 0 Å². The van der Waals surface area contributed by atoms with Crippen molar-refractivity contribution in [2.75, 3.05) is 0 Å². The maximum atomic E-state index is 9.62. The molecule has 7 heteroatoms. The number of ether oxygens (including phenoxy) is 1. The van der Waals surface area contributed by atoms with Gasteiger partial charge in [0.05, 0.1) is 5.02 Å². The molecule has 0 bridgehead atoms. The fourth-order valence-electron chi connectivity index (χ4n) is 1.25. The summed E-state index contributed by atoms with van der Waals surface area (Å²) in [5.74, 6) is 0.635. The molecule has 2 aromatic carbocycles. The molecule has 0 spiro atoms. The second kappa shape index (κ2) is 9.04. The Labute approximate surface area is 173 Å². The van der Waals surface area contributed by atoms with Crippen LogP contribution in [-0.4, -0.2) is 5.11 Å². The van der Waals surface area contributed by atoms with Crippen molar-refractivity contribution < 1.29 is 71.8 Å². The van der Waals surface area contributed by atoms with E-state index in [1.165, 1.54) is 6.07 Å². The molecule has 92 valence electrons. The van der Waals surface area contributed by atoms with E-state index in [2.05, 4.69) is 0 Å². The molecule has 0 radical (unpaired) electrons. The van der Waals surface area contributed by atoms with Gasteiger partial charge in [-0.25, -0.2) is 0 Å². The van der Waals surface area contributed by atoms with Crippen LogP contribution < -0.4 is 63.9 Å². The number of benzene rings is 2. The molecule has 2 rings (SSSR count). The zero-order chi connectivity index (χ0) is 12.4. The van der Waals surface area contributed by atoms with Crippen molar-refractivity contribution in [3.63, 3.8) is 0 Å². The van der Waals surface area contributed by atoms with Gasteiger partial charge in [-0.05, 0) is 30.3 Å². The molecule has 0 amide bonds. The third kappa shape index (κ3) is 5.66. The van der Waals surface area contributed by atoms with Gasteiger partial charge in [-0.15, -0.1) is 0 Å². The molecular formula is C12H9Cl3Na2O2. The smallest absolute Gasteiger partial charge is 1.00 e. The van der Waals surface area contributed by atoms with Gasteiger partial charge in [0, 0.05) is 16.1 Å². The molecule has 1 N–H and O–H groups in total. The van der Waals surface area contributed by atoms with E-state index in [-0.39, 0.29) is 73.5 Å². The molecule has 0 atom stereocenters. The van der Waals surface area contributed by atoms with Gasteiger partial charge in [0.25, 0.3) is 0 Å². The minimum Gasteiger partial charge on any atom is -1.00 e. The molecule has 0 aromatic heterocycles. The number of phenols is 1. The van der Waals surface area contributed by atoms with Crippen LogP contribution in [0.15, 0.2) is 36.4 Å². The second-order valence-corrected chi connectivity index (χ2v) is 4.57. The summed E-state index contributed by atoms with van der Waals surface area (Å²) >= 11 is 17.4. The Morgan fingerprint density at radius 2 is 1.37 bits per heavy atom. The predicted molar refractivity (Wildman–Crippen MR) is 71.9 cm³/mol. The van der Waals surface area contributed by atoms with E-state index in [0.29, 0.717) is 20.8 Å². The van der Waals surface area contributed by atoms with Crippen LogP contribution in [0.25, 0.3) is 0 Å². The van der Waals surface area contributed by atoms with Crippen molar-refractivity contribution in [3.8, 4) is 17.2 Å². The number of halogens is 3. The molecule has 0 fully saturated rings. The van der Waals surface area contributed by atoms with Crippen LogP contribution in [0.1, 0.15) is 2.85 Å². The van der Waals surface area contributed by atoms with Crippen LogP contribution in [0.4, 0.5) is 0 Å². The van der Waals surface area contributed by atoms with Crippen LogP contribution >= 0.6 is 34.8 Å². The third-order valence-corrected chi connectivity index (χ3v) is 2.80. The Hall–Kier alpha value is 0.910.